The van der Waals surface area contributed by atoms with E-state index in [1.54, 1.807) is 6.92 Å². The Morgan fingerprint density at radius 1 is 1.80 bits per heavy atom. The second-order valence-electron chi connectivity index (χ2n) is 2.27. The highest BCUT2D eigenvalue weighted by molar-refractivity contribution is 5.87. The molecule has 0 aliphatic heterocycles. The summed E-state index contributed by atoms with van der Waals surface area (Å²) >= 11 is 0. The van der Waals surface area contributed by atoms with Gasteiger partial charge in [-0.1, -0.05) is 12.1 Å². The van der Waals surface area contributed by atoms with Gasteiger partial charge in [0.2, 0.25) is 0 Å². The Morgan fingerprint density at radius 3 is 2.40 bits per heavy atom. The van der Waals surface area contributed by atoms with Gasteiger partial charge in [0.25, 0.3) is 0 Å². The van der Waals surface area contributed by atoms with Gasteiger partial charge in [-0.05, 0) is 13.3 Å². The third-order valence-corrected chi connectivity index (χ3v) is 1.77. The Morgan fingerprint density at radius 2 is 2.30 bits per heavy atom. The maximum Gasteiger partial charge on any atom is 0.171 e. The lowest BCUT2D eigenvalue weighted by molar-refractivity contribution is 0.0589. The van der Waals surface area contributed by atoms with Crippen LogP contribution < -0.4 is 5.73 Å². The SMILES string of the molecule is CCC(C)(OC)/C(N)=N/O. The predicted octanol–water partition coefficient (Wildman–Crippen LogP) is 0.548. The Bertz CT molecular complexity index is 130. The highest BCUT2D eigenvalue weighted by atomic mass is 16.5. The molecule has 4 nitrogen and oxygen atoms in total. The lowest BCUT2D eigenvalue weighted by Gasteiger charge is -2.24. The average Bonchev–Trinajstić information content (AvgIpc) is 2.01. The molecule has 1 unspecified atom stereocenters. The molecular weight excluding hydrogens is 132 g/mol. The Balaban J connectivity index is 4.32. The minimum atomic E-state index is -0.630. The van der Waals surface area contributed by atoms with Crippen molar-refractivity contribution in [3.63, 3.8) is 0 Å². The fourth-order valence-electron chi connectivity index (χ4n) is 0.536. The van der Waals surface area contributed by atoms with Crippen molar-refractivity contribution in [2.24, 2.45) is 10.9 Å². The van der Waals surface area contributed by atoms with Crippen LogP contribution in [0.4, 0.5) is 0 Å². The van der Waals surface area contributed by atoms with Crippen molar-refractivity contribution < 1.29 is 9.94 Å². The minimum Gasteiger partial charge on any atom is -0.409 e. The number of ether oxygens (including phenoxy) is 1. The lowest BCUT2D eigenvalue weighted by Crippen LogP contribution is -2.42. The molecule has 0 heterocycles. The van der Waals surface area contributed by atoms with Crippen LogP contribution in [-0.4, -0.2) is 23.8 Å². The van der Waals surface area contributed by atoms with Crippen LogP contribution in [0.3, 0.4) is 0 Å². The second kappa shape index (κ2) is 3.41. The van der Waals surface area contributed by atoms with E-state index in [1.165, 1.54) is 7.11 Å². The summed E-state index contributed by atoms with van der Waals surface area (Å²) in [6, 6.07) is 0. The number of amidine groups is 1. The van der Waals surface area contributed by atoms with Crippen molar-refractivity contribution in [2.45, 2.75) is 25.9 Å². The molecule has 0 saturated carbocycles. The molecule has 0 fully saturated rings. The monoisotopic (exact) mass is 146 g/mol. The lowest BCUT2D eigenvalue weighted by atomic mass is 10.0. The number of hydrogen-bond acceptors (Lipinski definition) is 3. The molecule has 1 atom stereocenters. The number of oxime groups is 1. The summed E-state index contributed by atoms with van der Waals surface area (Å²) < 4.78 is 5.02. The number of nitrogens with zero attached hydrogens (tertiary/aromatic N) is 1. The maximum atomic E-state index is 8.32. The van der Waals surface area contributed by atoms with Crippen LogP contribution in [0.15, 0.2) is 5.16 Å². The van der Waals surface area contributed by atoms with Crippen molar-refractivity contribution in [2.75, 3.05) is 7.11 Å². The molecule has 0 aliphatic rings. The summed E-state index contributed by atoms with van der Waals surface area (Å²) in [5.41, 5.74) is 4.72. The molecule has 0 bridgehead atoms. The van der Waals surface area contributed by atoms with E-state index in [-0.39, 0.29) is 5.84 Å². The zero-order valence-electron chi connectivity index (χ0n) is 6.59. The summed E-state index contributed by atoms with van der Waals surface area (Å²) in [6.45, 7) is 3.67. The first-order valence-electron chi connectivity index (χ1n) is 3.14. The first-order valence-corrected chi connectivity index (χ1v) is 3.14. The summed E-state index contributed by atoms with van der Waals surface area (Å²) in [5, 5.41) is 11.2. The molecule has 0 aliphatic carbocycles. The van der Waals surface area contributed by atoms with Gasteiger partial charge in [-0.15, -0.1) is 0 Å². The topological polar surface area (TPSA) is 67.8 Å². The number of rotatable bonds is 3. The van der Waals surface area contributed by atoms with E-state index in [0.717, 1.165) is 0 Å². The number of methoxy groups -OCH3 is 1. The zero-order valence-corrected chi connectivity index (χ0v) is 6.59. The van der Waals surface area contributed by atoms with E-state index in [0.29, 0.717) is 6.42 Å². The Labute approximate surface area is 60.7 Å². The molecule has 0 saturated heterocycles. The average molecular weight is 146 g/mol. The van der Waals surface area contributed by atoms with Crippen LogP contribution in [0.1, 0.15) is 20.3 Å². The minimum absolute atomic E-state index is 0.109. The first kappa shape index (κ1) is 9.23. The van der Waals surface area contributed by atoms with E-state index >= 15 is 0 Å². The molecule has 0 aromatic carbocycles. The second-order valence-corrected chi connectivity index (χ2v) is 2.27. The number of nitrogens with two attached hydrogens (primary N) is 1. The predicted molar refractivity (Wildman–Crippen MR) is 39.1 cm³/mol. The van der Waals surface area contributed by atoms with E-state index < -0.39 is 5.60 Å². The van der Waals surface area contributed by atoms with Gasteiger partial charge in [-0.25, -0.2) is 0 Å². The molecule has 0 radical (unpaired) electrons. The van der Waals surface area contributed by atoms with E-state index in [4.69, 9.17) is 15.7 Å². The fraction of sp³-hybridized carbons (Fsp3) is 0.833. The van der Waals surface area contributed by atoms with Crippen LogP contribution in [0, 0.1) is 0 Å². The molecular formula is C6H14N2O2. The van der Waals surface area contributed by atoms with E-state index in [1.807, 2.05) is 6.92 Å². The van der Waals surface area contributed by atoms with Gasteiger partial charge in [0, 0.05) is 7.11 Å². The van der Waals surface area contributed by atoms with Crippen molar-refractivity contribution in [3.05, 3.63) is 0 Å². The molecule has 0 aromatic rings. The van der Waals surface area contributed by atoms with Crippen LogP contribution >= 0.6 is 0 Å². The van der Waals surface area contributed by atoms with Crippen molar-refractivity contribution in [1.29, 1.82) is 0 Å². The fourth-order valence-corrected chi connectivity index (χ4v) is 0.536. The van der Waals surface area contributed by atoms with Gasteiger partial charge in [0.1, 0.15) is 5.60 Å². The highest BCUT2D eigenvalue weighted by Crippen LogP contribution is 2.12. The largest absolute Gasteiger partial charge is 0.409 e. The van der Waals surface area contributed by atoms with Gasteiger partial charge in [0.15, 0.2) is 5.84 Å². The van der Waals surface area contributed by atoms with Crippen LogP contribution in [0.2, 0.25) is 0 Å². The summed E-state index contributed by atoms with van der Waals surface area (Å²) in [6.07, 6.45) is 0.680. The molecule has 60 valence electrons. The quantitative estimate of drug-likeness (QED) is 0.264. The normalized spacial score (nSPS) is 18.5. The first-order chi connectivity index (χ1) is 4.60. The third-order valence-electron chi connectivity index (χ3n) is 1.77. The summed E-state index contributed by atoms with van der Waals surface area (Å²) in [4.78, 5) is 0. The third kappa shape index (κ3) is 1.60. The van der Waals surface area contributed by atoms with Crippen LogP contribution in [-0.2, 0) is 4.74 Å². The highest BCUT2D eigenvalue weighted by Gasteiger charge is 2.26. The standard InChI is InChI=1S/C6H14N2O2/c1-4-6(2,10-3)5(7)8-9/h9H,4H2,1-3H3,(H2,7,8). The van der Waals surface area contributed by atoms with E-state index in [9.17, 15) is 0 Å². The van der Waals surface area contributed by atoms with Gasteiger partial charge in [0.05, 0.1) is 0 Å². The molecule has 3 N–H and O–H groups in total. The van der Waals surface area contributed by atoms with Crippen LogP contribution in [0.25, 0.3) is 0 Å². The van der Waals surface area contributed by atoms with Gasteiger partial charge >= 0.3 is 0 Å². The Kier molecular flexibility index (Phi) is 3.15. The van der Waals surface area contributed by atoms with Crippen molar-refractivity contribution in [3.8, 4) is 0 Å². The van der Waals surface area contributed by atoms with Crippen molar-refractivity contribution >= 4 is 5.84 Å². The molecule has 0 aromatic heterocycles. The number of hydrogen-bond donors (Lipinski definition) is 2. The Hall–Kier alpha value is -0.770. The smallest absolute Gasteiger partial charge is 0.171 e. The van der Waals surface area contributed by atoms with Gasteiger partial charge in [-0.3, -0.25) is 0 Å². The summed E-state index contributed by atoms with van der Waals surface area (Å²) in [7, 11) is 1.53. The van der Waals surface area contributed by atoms with E-state index in [2.05, 4.69) is 5.16 Å². The van der Waals surface area contributed by atoms with Crippen LogP contribution in [0.5, 0.6) is 0 Å². The molecule has 10 heavy (non-hydrogen) atoms. The molecule has 0 rings (SSSR count). The van der Waals surface area contributed by atoms with Gasteiger partial charge in [-0.2, -0.15) is 0 Å². The summed E-state index contributed by atoms with van der Waals surface area (Å²) in [5.74, 6) is 0.109. The molecule has 0 spiro atoms. The van der Waals surface area contributed by atoms with Gasteiger partial charge < -0.3 is 15.7 Å². The molecule has 4 heteroatoms. The molecule has 0 amide bonds. The maximum absolute atomic E-state index is 8.32. The zero-order chi connectivity index (χ0) is 8.20. The van der Waals surface area contributed by atoms with Crippen molar-refractivity contribution in [1.82, 2.24) is 0 Å².